The van der Waals surface area contributed by atoms with E-state index in [0.717, 1.165) is 23.3 Å². The molecular weight excluding hydrogens is 264 g/mol. The van der Waals surface area contributed by atoms with Crippen LogP contribution in [0.3, 0.4) is 0 Å². The number of hydrogen-bond acceptors (Lipinski definition) is 3. The van der Waals surface area contributed by atoms with Crippen LogP contribution in [-0.4, -0.2) is 12.4 Å². The highest BCUT2D eigenvalue weighted by atomic mass is 16.5. The van der Waals surface area contributed by atoms with Gasteiger partial charge in [-0.25, -0.2) is 0 Å². The van der Waals surface area contributed by atoms with Crippen molar-refractivity contribution in [3.8, 4) is 5.75 Å². The predicted octanol–water partition coefficient (Wildman–Crippen LogP) is 3.86. The van der Waals surface area contributed by atoms with Crippen LogP contribution in [0.1, 0.15) is 36.7 Å². The van der Waals surface area contributed by atoms with Gasteiger partial charge < -0.3 is 9.47 Å². The first-order valence-electron chi connectivity index (χ1n) is 7.27. The van der Waals surface area contributed by atoms with Gasteiger partial charge in [0.1, 0.15) is 11.9 Å². The Kier molecular flexibility index (Phi) is 4.02. The molecule has 0 fully saturated rings. The van der Waals surface area contributed by atoms with E-state index in [9.17, 15) is 4.79 Å². The van der Waals surface area contributed by atoms with Crippen molar-refractivity contribution in [2.45, 2.75) is 25.6 Å². The molecule has 0 saturated heterocycles. The first-order chi connectivity index (χ1) is 10.3. The summed E-state index contributed by atoms with van der Waals surface area (Å²) in [6.07, 6.45) is -0.258. The van der Waals surface area contributed by atoms with Gasteiger partial charge in [0.2, 0.25) is 5.78 Å². The molecule has 0 aliphatic carbocycles. The average molecular weight is 282 g/mol. The van der Waals surface area contributed by atoms with E-state index in [0.29, 0.717) is 6.61 Å². The summed E-state index contributed by atoms with van der Waals surface area (Å²) in [5.41, 5.74) is 1.69. The van der Waals surface area contributed by atoms with Crippen molar-refractivity contribution >= 4 is 5.78 Å². The normalized spacial score (nSPS) is 20.7. The molecular formula is C18H18O3. The van der Waals surface area contributed by atoms with Crippen molar-refractivity contribution in [2.75, 3.05) is 6.61 Å². The van der Waals surface area contributed by atoms with Crippen LogP contribution < -0.4 is 4.74 Å². The Morgan fingerprint density at radius 1 is 1.05 bits per heavy atom. The van der Waals surface area contributed by atoms with Gasteiger partial charge in [-0.1, -0.05) is 55.5 Å². The fourth-order valence-electron chi connectivity index (χ4n) is 2.55. The zero-order chi connectivity index (χ0) is 14.7. The van der Waals surface area contributed by atoms with E-state index in [1.54, 1.807) is 0 Å². The number of carbonyl (C=O) groups excluding carboxylic acids is 1. The van der Waals surface area contributed by atoms with Crippen LogP contribution in [-0.2, 0) is 9.53 Å². The third kappa shape index (κ3) is 2.69. The van der Waals surface area contributed by atoms with E-state index < -0.39 is 12.2 Å². The zero-order valence-electron chi connectivity index (χ0n) is 12.0. The molecule has 0 aromatic heterocycles. The lowest BCUT2D eigenvalue weighted by Crippen LogP contribution is -2.31. The van der Waals surface area contributed by atoms with Crippen molar-refractivity contribution < 1.29 is 14.3 Å². The molecule has 3 rings (SSSR count). The Hall–Kier alpha value is -2.13. The molecule has 0 amide bonds. The van der Waals surface area contributed by atoms with Gasteiger partial charge in [-0.3, -0.25) is 4.79 Å². The molecule has 3 nitrogen and oxygen atoms in total. The standard InChI is InChI=1S/C18H18O3/c1-2-12-20-18-14-10-6-7-11-15(14)21-17(16(18)19)13-8-4-3-5-9-13/h3-11,17-18H,2,12H2,1H3. The molecule has 0 radical (unpaired) electrons. The van der Waals surface area contributed by atoms with E-state index in [1.165, 1.54) is 0 Å². The quantitative estimate of drug-likeness (QED) is 0.854. The van der Waals surface area contributed by atoms with Gasteiger partial charge in [0.25, 0.3) is 0 Å². The van der Waals surface area contributed by atoms with Crippen LogP contribution in [0.5, 0.6) is 5.75 Å². The number of fused-ring (bicyclic) bond motifs is 1. The van der Waals surface area contributed by atoms with Crippen LogP contribution in [0.4, 0.5) is 0 Å². The van der Waals surface area contributed by atoms with E-state index in [4.69, 9.17) is 9.47 Å². The monoisotopic (exact) mass is 282 g/mol. The Balaban J connectivity index is 1.98. The third-order valence-electron chi connectivity index (χ3n) is 3.55. The number of rotatable bonds is 4. The number of hydrogen-bond donors (Lipinski definition) is 0. The lowest BCUT2D eigenvalue weighted by Gasteiger charge is -2.31. The second-order valence-electron chi connectivity index (χ2n) is 5.10. The molecule has 21 heavy (non-hydrogen) atoms. The number of ketones is 1. The minimum absolute atomic E-state index is 0.0339. The van der Waals surface area contributed by atoms with Crippen molar-refractivity contribution in [3.63, 3.8) is 0 Å². The Morgan fingerprint density at radius 3 is 2.52 bits per heavy atom. The molecule has 1 aliphatic rings. The van der Waals surface area contributed by atoms with Crippen LogP contribution in [0.15, 0.2) is 54.6 Å². The number of benzene rings is 2. The Labute approximate surface area is 124 Å². The van der Waals surface area contributed by atoms with Gasteiger partial charge >= 0.3 is 0 Å². The minimum Gasteiger partial charge on any atom is -0.477 e. The zero-order valence-corrected chi connectivity index (χ0v) is 12.0. The SMILES string of the molecule is CCCOC1C(=O)C(c2ccccc2)Oc2ccccc21. The van der Waals surface area contributed by atoms with E-state index >= 15 is 0 Å². The highest BCUT2D eigenvalue weighted by Crippen LogP contribution is 2.40. The van der Waals surface area contributed by atoms with Crippen molar-refractivity contribution in [2.24, 2.45) is 0 Å². The third-order valence-corrected chi connectivity index (χ3v) is 3.55. The smallest absolute Gasteiger partial charge is 0.211 e. The van der Waals surface area contributed by atoms with Gasteiger partial charge in [-0.05, 0) is 18.1 Å². The molecule has 2 aromatic rings. The summed E-state index contributed by atoms with van der Waals surface area (Å²) in [5, 5.41) is 0. The topological polar surface area (TPSA) is 35.5 Å². The first kappa shape index (κ1) is 13.8. The number of para-hydroxylation sites is 1. The number of Topliss-reactive ketones (excluding diaryl/α,β-unsaturated/α-hetero) is 1. The second kappa shape index (κ2) is 6.10. The predicted molar refractivity (Wildman–Crippen MR) is 80.2 cm³/mol. The summed E-state index contributed by atoms with van der Waals surface area (Å²) in [4.78, 5) is 12.7. The second-order valence-corrected chi connectivity index (χ2v) is 5.10. The van der Waals surface area contributed by atoms with E-state index in [2.05, 4.69) is 0 Å². The molecule has 0 saturated carbocycles. The first-order valence-corrected chi connectivity index (χ1v) is 7.27. The summed E-state index contributed by atoms with van der Waals surface area (Å²) in [6.45, 7) is 2.59. The van der Waals surface area contributed by atoms with Gasteiger partial charge in [0.15, 0.2) is 6.10 Å². The van der Waals surface area contributed by atoms with E-state index in [-0.39, 0.29) is 5.78 Å². The molecule has 1 aliphatic heterocycles. The van der Waals surface area contributed by atoms with Crippen LogP contribution in [0.2, 0.25) is 0 Å². The van der Waals surface area contributed by atoms with Crippen molar-refractivity contribution in [3.05, 3.63) is 65.7 Å². The molecule has 0 spiro atoms. The van der Waals surface area contributed by atoms with Gasteiger partial charge in [0.05, 0.1) is 0 Å². The molecule has 2 atom stereocenters. The molecule has 3 heteroatoms. The highest BCUT2D eigenvalue weighted by Gasteiger charge is 2.38. The maximum absolute atomic E-state index is 12.7. The lowest BCUT2D eigenvalue weighted by atomic mass is 9.93. The summed E-state index contributed by atoms with van der Waals surface area (Å²) >= 11 is 0. The van der Waals surface area contributed by atoms with Crippen molar-refractivity contribution in [1.82, 2.24) is 0 Å². The fraction of sp³-hybridized carbons (Fsp3) is 0.278. The Bertz CT molecular complexity index is 621. The van der Waals surface area contributed by atoms with Gasteiger partial charge in [0, 0.05) is 12.2 Å². The highest BCUT2D eigenvalue weighted by molar-refractivity contribution is 5.91. The van der Waals surface area contributed by atoms with Gasteiger partial charge in [-0.15, -0.1) is 0 Å². The summed E-state index contributed by atoms with van der Waals surface area (Å²) < 4.78 is 11.7. The minimum atomic E-state index is -0.594. The fourth-order valence-corrected chi connectivity index (χ4v) is 2.55. The largest absolute Gasteiger partial charge is 0.477 e. The maximum atomic E-state index is 12.7. The molecule has 0 bridgehead atoms. The molecule has 2 aromatic carbocycles. The molecule has 1 heterocycles. The molecule has 2 unspecified atom stereocenters. The van der Waals surface area contributed by atoms with Gasteiger partial charge in [-0.2, -0.15) is 0 Å². The number of carbonyl (C=O) groups is 1. The van der Waals surface area contributed by atoms with Crippen molar-refractivity contribution in [1.29, 1.82) is 0 Å². The molecule has 0 N–H and O–H groups in total. The number of ether oxygens (including phenoxy) is 2. The maximum Gasteiger partial charge on any atom is 0.211 e. The Morgan fingerprint density at radius 2 is 1.76 bits per heavy atom. The average Bonchev–Trinajstić information content (AvgIpc) is 2.54. The van der Waals surface area contributed by atoms with Crippen LogP contribution in [0.25, 0.3) is 0 Å². The summed E-state index contributed by atoms with van der Waals surface area (Å²) in [6, 6.07) is 17.2. The summed E-state index contributed by atoms with van der Waals surface area (Å²) in [7, 11) is 0. The van der Waals surface area contributed by atoms with Crippen LogP contribution in [0, 0.1) is 0 Å². The van der Waals surface area contributed by atoms with Crippen LogP contribution >= 0.6 is 0 Å². The van der Waals surface area contributed by atoms with E-state index in [1.807, 2.05) is 61.5 Å². The molecule has 108 valence electrons. The lowest BCUT2D eigenvalue weighted by molar-refractivity contribution is -0.141. The summed E-state index contributed by atoms with van der Waals surface area (Å²) in [5.74, 6) is 0.695.